The third kappa shape index (κ3) is 3.96. The number of nitrogens with one attached hydrogen (secondary N) is 1. The Morgan fingerprint density at radius 1 is 1.15 bits per heavy atom. The molecule has 1 heterocycles. The molecule has 1 atom stereocenters. The smallest absolute Gasteiger partial charge is 0.266 e. The van der Waals surface area contributed by atoms with E-state index < -0.39 is 6.10 Å². The van der Waals surface area contributed by atoms with E-state index >= 15 is 0 Å². The topological polar surface area (TPSA) is 56.2 Å². The van der Waals surface area contributed by atoms with E-state index in [1.807, 2.05) is 68.6 Å². The zero-order chi connectivity index (χ0) is 18.7. The van der Waals surface area contributed by atoms with Crippen molar-refractivity contribution in [3.05, 3.63) is 64.8 Å². The van der Waals surface area contributed by atoms with E-state index in [0.717, 1.165) is 21.3 Å². The summed E-state index contributed by atoms with van der Waals surface area (Å²) in [5.74, 6) is 1.08. The molecule has 0 aliphatic rings. The molecule has 0 radical (unpaired) electrons. The number of nitrogens with zero attached hydrogens (tertiary/aromatic N) is 2. The fourth-order valence-electron chi connectivity index (χ4n) is 2.74. The van der Waals surface area contributed by atoms with Crippen LogP contribution in [0.4, 0.5) is 5.82 Å². The van der Waals surface area contributed by atoms with Gasteiger partial charge in [0, 0.05) is 17.1 Å². The Morgan fingerprint density at radius 2 is 1.81 bits per heavy atom. The highest BCUT2D eigenvalue weighted by Crippen LogP contribution is 2.32. The molecule has 1 aromatic heterocycles. The molecule has 0 saturated heterocycles. The molecular weight excluding hydrogens is 394 g/mol. The van der Waals surface area contributed by atoms with Crippen LogP contribution in [0.3, 0.4) is 0 Å². The van der Waals surface area contributed by atoms with Crippen molar-refractivity contribution in [1.82, 2.24) is 9.78 Å². The van der Waals surface area contributed by atoms with Crippen molar-refractivity contribution in [1.29, 1.82) is 0 Å². The van der Waals surface area contributed by atoms with Crippen LogP contribution in [-0.4, -0.2) is 21.8 Å². The van der Waals surface area contributed by atoms with Gasteiger partial charge in [0.25, 0.3) is 5.91 Å². The number of aryl methyl sites for hydroxylation is 2. The summed E-state index contributed by atoms with van der Waals surface area (Å²) in [6.45, 7) is 3.65. The third-order valence-corrected chi connectivity index (χ3v) is 4.55. The number of amides is 1. The standard InChI is InChI=1S/C20H20BrN3O2/c1-13-18(15-9-11-16(21)12-10-15)19(24(3)23-13)22-20(25)14(2)26-17-7-5-4-6-8-17/h4-12,14H,1-3H3,(H,22,25). The molecule has 0 saturated carbocycles. The predicted octanol–water partition coefficient (Wildman–Crippen LogP) is 4.56. The first kappa shape index (κ1) is 18.2. The van der Waals surface area contributed by atoms with Crippen molar-refractivity contribution in [2.45, 2.75) is 20.0 Å². The van der Waals surface area contributed by atoms with Gasteiger partial charge in [-0.2, -0.15) is 5.10 Å². The van der Waals surface area contributed by atoms with Gasteiger partial charge in [-0.1, -0.05) is 46.3 Å². The van der Waals surface area contributed by atoms with Crippen LogP contribution in [0.15, 0.2) is 59.1 Å². The quantitative estimate of drug-likeness (QED) is 0.666. The highest BCUT2D eigenvalue weighted by molar-refractivity contribution is 9.10. The fourth-order valence-corrected chi connectivity index (χ4v) is 3.00. The zero-order valence-electron chi connectivity index (χ0n) is 14.9. The van der Waals surface area contributed by atoms with Crippen LogP contribution < -0.4 is 10.1 Å². The van der Waals surface area contributed by atoms with Gasteiger partial charge in [0.15, 0.2) is 6.10 Å². The second-order valence-corrected chi connectivity index (χ2v) is 6.92. The number of para-hydroxylation sites is 1. The van der Waals surface area contributed by atoms with E-state index in [9.17, 15) is 4.79 Å². The van der Waals surface area contributed by atoms with Crippen LogP contribution in [0.5, 0.6) is 5.75 Å². The zero-order valence-corrected chi connectivity index (χ0v) is 16.4. The fraction of sp³-hybridized carbons (Fsp3) is 0.200. The van der Waals surface area contributed by atoms with Crippen LogP contribution in [0.1, 0.15) is 12.6 Å². The molecule has 0 bridgehead atoms. The van der Waals surface area contributed by atoms with Gasteiger partial charge in [-0.25, -0.2) is 0 Å². The molecule has 134 valence electrons. The van der Waals surface area contributed by atoms with Crippen molar-refractivity contribution >= 4 is 27.7 Å². The molecule has 1 N–H and O–H groups in total. The van der Waals surface area contributed by atoms with Crippen LogP contribution in [0, 0.1) is 6.92 Å². The monoisotopic (exact) mass is 413 g/mol. The van der Waals surface area contributed by atoms with Gasteiger partial charge in [0.05, 0.1) is 5.69 Å². The van der Waals surface area contributed by atoms with Crippen molar-refractivity contribution in [3.8, 4) is 16.9 Å². The van der Waals surface area contributed by atoms with Gasteiger partial charge < -0.3 is 10.1 Å². The van der Waals surface area contributed by atoms with E-state index in [2.05, 4.69) is 26.3 Å². The van der Waals surface area contributed by atoms with Crippen molar-refractivity contribution in [2.75, 3.05) is 5.32 Å². The molecule has 1 amide bonds. The molecule has 3 aromatic rings. The molecule has 26 heavy (non-hydrogen) atoms. The minimum absolute atomic E-state index is 0.227. The maximum atomic E-state index is 12.6. The minimum Gasteiger partial charge on any atom is -0.481 e. The van der Waals surface area contributed by atoms with Gasteiger partial charge in [-0.3, -0.25) is 9.48 Å². The van der Waals surface area contributed by atoms with E-state index in [1.54, 1.807) is 11.6 Å². The maximum Gasteiger partial charge on any atom is 0.266 e. The summed E-state index contributed by atoms with van der Waals surface area (Å²) in [4.78, 5) is 12.6. The molecule has 3 rings (SSSR count). The van der Waals surface area contributed by atoms with Gasteiger partial charge in [0.1, 0.15) is 11.6 Å². The van der Waals surface area contributed by atoms with Crippen molar-refractivity contribution in [2.24, 2.45) is 7.05 Å². The lowest BCUT2D eigenvalue weighted by Crippen LogP contribution is -2.31. The van der Waals surface area contributed by atoms with E-state index in [-0.39, 0.29) is 5.91 Å². The average Bonchev–Trinajstić information content (AvgIpc) is 2.90. The van der Waals surface area contributed by atoms with Gasteiger partial charge in [0.2, 0.25) is 0 Å². The van der Waals surface area contributed by atoms with E-state index in [1.165, 1.54) is 0 Å². The van der Waals surface area contributed by atoms with E-state index in [4.69, 9.17) is 4.74 Å². The van der Waals surface area contributed by atoms with Gasteiger partial charge >= 0.3 is 0 Å². The SMILES string of the molecule is Cc1nn(C)c(NC(=O)C(C)Oc2ccccc2)c1-c1ccc(Br)cc1. The minimum atomic E-state index is -0.634. The van der Waals surface area contributed by atoms with Crippen LogP contribution in [0.25, 0.3) is 11.1 Å². The number of halogens is 1. The lowest BCUT2D eigenvalue weighted by atomic mass is 10.1. The predicted molar refractivity (Wildman–Crippen MR) is 106 cm³/mol. The summed E-state index contributed by atoms with van der Waals surface area (Å²) in [7, 11) is 1.81. The van der Waals surface area contributed by atoms with E-state index in [0.29, 0.717) is 11.6 Å². The Hall–Kier alpha value is -2.60. The number of rotatable bonds is 5. The summed E-state index contributed by atoms with van der Waals surface area (Å²) < 4.78 is 8.39. The summed E-state index contributed by atoms with van der Waals surface area (Å²) in [6, 6.07) is 17.2. The Balaban J connectivity index is 1.83. The summed E-state index contributed by atoms with van der Waals surface area (Å²) >= 11 is 3.44. The average molecular weight is 414 g/mol. The highest BCUT2D eigenvalue weighted by atomic mass is 79.9. The normalized spacial score (nSPS) is 11.8. The number of hydrogen-bond acceptors (Lipinski definition) is 3. The first-order chi connectivity index (χ1) is 12.5. The lowest BCUT2D eigenvalue weighted by Gasteiger charge is -2.16. The molecular formula is C20H20BrN3O2. The molecule has 0 aliphatic carbocycles. The lowest BCUT2D eigenvalue weighted by molar-refractivity contribution is -0.122. The first-order valence-corrected chi connectivity index (χ1v) is 9.07. The number of hydrogen-bond donors (Lipinski definition) is 1. The first-order valence-electron chi connectivity index (χ1n) is 8.28. The number of carbonyl (C=O) groups excluding carboxylic acids is 1. The number of anilines is 1. The van der Waals surface area contributed by atoms with Crippen LogP contribution in [0.2, 0.25) is 0 Å². The second-order valence-electron chi connectivity index (χ2n) is 6.00. The second kappa shape index (κ2) is 7.74. The maximum absolute atomic E-state index is 12.6. The highest BCUT2D eigenvalue weighted by Gasteiger charge is 2.21. The van der Waals surface area contributed by atoms with Crippen molar-refractivity contribution in [3.63, 3.8) is 0 Å². The number of aromatic nitrogens is 2. The molecule has 2 aromatic carbocycles. The molecule has 6 heteroatoms. The third-order valence-electron chi connectivity index (χ3n) is 4.02. The Kier molecular flexibility index (Phi) is 5.42. The summed E-state index contributed by atoms with van der Waals surface area (Å²) in [5, 5.41) is 7.41. The molecule has 0 spiro atoms. The van der Waals surface area contributed by atoms with Crippen LogP contribution >= 0.6 is 15.9 Å². The summed E-state index contributed by atoms with van der Waals surface area (Å²) in [5.41, 5.74) is 2.74. The van der Waals surface area contributed by atoms with Gasteiger partial charge in [-0.05, 0) is 43.7 Å². The van der Waals surface area contributed by atoms with Gasteiger partial charge in [-0.15, -0.1) is 0 Å². The molecule has 5 nitrogen and oxygen atoms in total. The Labute approximate surface area is 161 Å². The summed E-state index contributed by atoms with van der Waals surface area (Å²) in [6.07, 6.45) is -0.634. The molecule has 0 aliphatic heterocycles. The largest absolute Gasteiger partial charge is 0.481 e. The Morgan fingerprint density at radius 3 is 2.46 bits per heavy atom. The molecule has 1 unspecified atom stereocenters. The Bertz CT molecular complexity index is 905. The number of carbonyl (C=O) groups is 1. The molecule has 0 fully saturated rings. The van der Waals surface area contributed by atoms with Crippen molar-refractivity contribution < 1.29 is 9.53 Å². The number of ether oxygens (including phenoxy) is 1. The number of benzene rings is 2. The van der Waals surface area contributed by atoms with Crippen LogP contribution in [-0.2, 0) is 11.8 Å².